The fraction of sp³-hybridized carbons (Fsp3) is 0.320. The number of piperidine rings is 1. The number of nitrogens with one attached hydrogen (secondary N) is 1. The number of aliphatic hydroxyl groups excluding tert-OH is 1. The van der Waals surface area contributed by atoms with Gasteiger partial charge in [0.2, 0.25) is 5.91 Å². The highest BCUT2D eigenvalue weighted by Crippen LogP contribution is 2.26. The van der Waals surface area contributed by atoms with Crippen molar-refractivity contribution in [2.45, 2.75) is 26.0 Å². The average Bonchev–Trinajstić information content (AvgIpc) is 3.27. The van der Waals surface area contributed by atoms with Gasteiger partial charge in [0.1, 0.15) is 23.9 Å². The van der Waals surface area contributed by atoms with E-state index in [1.54, 1.807) is 13.2 Å². The number of aliphatic hydroxyl groups is 1. The van der Waals surface area contributed by atoms with E-state index in [2.05, 4.69) is 10.2 Å². The van der Waals surface area contributed by atoms with E-state index < -0.39 is 0 Å². The zero-order valence-electron chi connectivity index (χ0n) is 17.7. The Morgan fingerprint density at radius 2 is 1.94 bits per heavy atom. The maximum Gasteiger partial charge on any atom is 0.228 e. The molecule has 31 heavy (non-hydrogen) atoms. The first-order valence-corrected chi connectivity index (χ1v) is 10.6. The number of carbonyl (C=O) groups is 1. The predicted octanol–water partition coefficient (Wildman–Crippen LogP) is 4.30. The highest BCUT2D eigenvalue weighted by atomic mass is 16.5. The van der Waals surface area contributed by atoms with Crippen LogP contribution in [0.25, 0.3) is 11.1 Å². The SMILES string of the molecule is COc1cccc(-c2ccc(NC(=O)[C@H]3CCCN(Cc4ccc(CO)o4)C3)cc2)c1. The minimum atomic E-state index is -0.0956. The highest BCUT2D eigenvalue weighted by molar-refractivity contribution is 5.93. The summed E-state index contributed by atoms with van der Waals surface area (Å²) < 4.78 is 10.9. The molecule has 6 nitrogen and oxygen atoms in total. The summed E-state index contributed by atoms with van der Waals surface area (Å²) in [6.07, 6.45) is 1.85. The van der Waals surface area contributed by atoms with Crippen molar-refractivity contribution < 1.29 is 19.1 Å². The molecule has 2 N–H and O–H groups in total. The molecule has 1 amide bonds. The Morgan fingerprint density at radius 1 is 1.13 bits per heavy atom. The van der Waals surface area contributed by atoms with Crippen LogP contribution in [-0.4, -0.2) is 36.1 Å². The maximum absolute atomic E-state index is 12.8. The van der Waals surface area contributed by atoms with E-state index >= 15 is 0 Å². The van der Waals surface area contributed by atoms with Crippen molar-refractivity contribution in [1.82, 2.24) is 4.90 Å². The second-order valence-electron chi connectivity index (χ2n) is 7.90. The number of amides is 1. The van der Waals surface area contributed by atoms with Crippen molar-refractivity contribution in [1.29, 1.82) is 0 Å². The van der Waals surface area contributed by atoms with E-state index in [0.717, 1.165) is 47.7 Å². The summed E-state index contributed by atoms with van der Waals surface area (Å²) in [4.78, 5) is 15.1. The van der Waals surface area contributed by atoms with Crippen molar-refractivity contribution in [3.05, 3.63) is 72.2 Å². The second-order valence-corrected chi connectivity index (χ2v) is 7.90. The van der Waals surface area contributed by atoms with E-state index in [9.17, 15) is 4.79 Å². The first-order valence-electron chi connectivity index (χ1n) is 10.6. The van der Waals surface area contributed by atoms with Crippen LogP contribution in [0.2, 0.25) is 0 Å². The Labute approximate surface area is 182 Å². The third kappa shape index (κ3) is 5.34. The van der Waals surface area contributed by atoms with Crippen LogP contribution >= 0.6 is 0 Å². The summed E-state index contributed by atoms with van der Waals surface area (Å²) in [6, 6.07) is 19.5. The molecule has 0 aliphatic carbocycles. The van der Waals surface area contributed by atoms with Gasteiger partial charge in [-0.3, -0.25) is 9.69 Å². The van der Waals surface area contributed by atoms with E-state index in [-0.39, 0.29) is 18.4 Å². The number of likely N-dealkylation sites (tertiary alicyclic amines) is 1. The largest absolute Gasteiger partial charge is 0.497 e. The number of furan rings is 1. The zero-order valence-corrected chi connectivity index (χ0v) is 17.7. The number of benzene rings is 2. The average molecular weight is 421 g/mol. The van der Waals surface area contributed by atoms with Gasteiger partial charge in [0, 0.05) is 12.2 Å². The lowest BCUT2D eigenvalue weighted by atomic mass is 9.97. The minimum Gasteiger partial charge on any atom is -0.497 e. The van der Waals surface area contributed by atoms with Crippen LogP contribution in [0.4, 0.5) is 5.69 Å². The number of ether oxygens (including phenoxy) is 1. The van der Waals surface area contributed by atoms with Crippen LogP contribution in [0, 0.1) is 5.92 Å². The summed E-state index contributed by atoms with van der Waals surface area (Å²) in [5.41, 5.74) is 2.94. The van der Waals surface area contributed by atoms with Gasteiger partial charge in [-0.1, -0.05) is 24.3 Å². The standard InChI is InChI=1S/C25H28N2O4/c1-30-22-6-2-4-19(14-22)18-7-9-21(10-8-18)26-25(29)20-5-3-13-27(15-20)16-23-11-12-24(17-28)31-23/h2,4,6-12,14,20,28H,3,5,13,15-17H2,1H3,(H,26,29)/t20-/m0/s1. The molecule has 0 saturated carbocycles. The fourth-order valence-electron chi connectivity index (χ4n) is 4.02. The first kappa shape index (κ1) is 21.2. The molecule has 0 bridgehead atoms. The molecule has 0 radical (unpaired) electrons. The summed E-state index contributed by atoms with van der Waals surface area (Å²) in [5.74, 6) is 2.20. The predicted molar refractivity (Wildman–Crippen MR) is 120 cm³/mol. The molecule has 0 spiro atoms. The lowest BCUT2D eigenvalue weighted by Gasteiger charge is -2.31. The number of hydrogen-bond acceptors (Lipinski definition) is 5. The van der Waals surface area contributed by atoms with E-state index in [1.165, 1.54) is 0 Å². The van der Waals surface area contributed by atoms with Crippen molar-refractivity contribution in [2.24, 2.45) is 5.92 Å². The van der Waals surface area contributed by atoms with Crippen LogP contribution in [0.1, 0.15) is 24.4 Å². The first-order chi connectivity index (χ1) is 15.1. The van der Waals surface area contributed by atoms with Crippen molar-refractivity contribution >= 4 is 11.6 Å². The molecule has 1 aliphatic rings. The van der Waals surface area contributed by atoms with Crippen LogP contribution < -0.4 is 10.1 Å². The molecule has 6 heteroatoms. The van der Waals surface area contributed by atoms with Crippen LogP contribution in [-0.2, 0) is 17.9 Å². The number of nitrogens with zero attached hydrogens (tertiary/aromatic N) is 1. The molecule has 2 heterocycles. The van der Waals surface area contributed by atoms with Gasteiger partial charge >= 0.3 is 0 Å². The molecule has 1 aliphatic heterocycles. The van der Waals surface area contributed by atoms with Crippen molar-refractivity contribution in [3.63, 3.8) is 0 Å². The molecule has 1 aromatic heterocycles. The molecule has 1 fully saturated rings. The van der Waals surface area contributed by atoms with Crippen molar-refractivity contribution in [2.75, 3.05) is 25.5 Å². The highest BCUT2D eigenvalue weighted by Gasteiger charge is 2.26. The Kier molecular flexibility index (Phi) is 6.70. The van der Waals surface area contributed by atoms with E-state index in [0.29, 0.717) is 18.8 Å². The molecule has 2 aromatic carbocycles. The Hall–Kier alpha value is -3.09. The Bertz CT molecular complexity index is 1010. The van der Waals surface area contributed by atoms with Gasteiger partial charge in [0.15, 0.2) is 0 Å². The van der Waals surface area contributed by atoms with E-state index in [1.807, 2.05) is 54.6 Å². The fourth-order valence-corrected chi connectivity index (χ4v) is 4.02. The lowest BCUT2D eigenvalue weighted by Crippen LogP contribution is -2.40. The molecule has 162 valence electrons. The topological polar surface area (TPSA) is 74.9 Å². The molecular formula is C25H28N2O4. The lowest BCUT2D eigenvalue weighted by molar-refractivity contribution is -0.121. The van der Waals surface area contributed by atoms with Crippen LogP contribution in [0.5, 0.6) is 5.75 Å². The number of methoxy groups -OCH3 is 1. The van der Waals surface area contributed by atoms with E-state index in [4.69, 9.17) is 14.3 Å². The smallest absolute Gasteiger partial charge is 0.228 e. The second kappa shape index (κ2) is 9.81. The monoisotopic (exact) mass is 420 g/mol. The van der Waals surface area contributed by atoms with Gasteiger partial charge in [-0.05, 0) is 66.9 Å². The number of carbonyl (C=O) groups excluding carboxylic acids is 1. The van der Waals surface area contributed by atoms with Crippen LogP contribution in [0.15, 0.2) is 65.1 Å². The number of anilines is 1. The summed E-state index contributed by atoms with van der Waals surface area (Å²) in [5, 5.41) is 12.2. The minimum absolute atomic E-state index is 0.0503. The molecule has 4 rings (SSSR count). The Balaban J connectivity index is 1.35. The molecule has 0 unspecified atom stereocenters. The van der Waals surface area contributed by atoms with Crippen LogP contribution in [0.3, 0.4) is 0 Å². The maximum atomic E-state index is 12.8. The Morgan fingerprint density at radius 3 is 2.68 bits per heavy atom. The molecular weight excluding hydrogens is 392 g/mol. The zero-order chi connectivity index (χ0) is 21.6. The third-order valence-corrected chi connectivity index (χ3v) is 5.68. The molecule has 1 saturated heterocycles. The normalized spacial score (nSPS) is 16.8. The van der Waals surface area contributed by atoms with Gasteiger partial charge in [0.05, 0.1) is 19.6 Å². The summed E-state index contributed by atoms with van der Waals surface area (Å²) >= 11 is 0. The van der Waals surface area contributed by atoms with Gasteiger partial charge in [-0.15, -0.1) is 0 Å². The quantitative estimate of drug-likeness (QED) is 0.596. The third-order valence-electron chi connectivity index (χ3n) is 5.68. The van der Waals surface area contributed by atoms with Crippen molar-refractivity contribution in [3.8, 4) is 16.9 Å². The summed E-state index contributed by atoms with van der Waals surface area (Å²) in [7, 11) is 1.66. The molecule has 3 aromatic rings. The van der Waals surface area contributed by atoms with Gasteiger partial charge in [-0.25, -0.2) is 0 Å². The molecule has 1 atom stereocenters. The summed E-state index contributed by atoms with van der Waals surface area (Å²) in [6.45, 7) is 2.19. The number of hydrogen-bond donors (Lipinski definition) is 2. The van der Waals surface area contributed by atoms with Gasteiger partial charge in [-0.2, -0.15) is 0 Å². The van der Waals surface area contributed by atoms with Gasteiger partial charge in [0.25, 0.3) is 0 Å². The number of rotatable bonds is 7. The van der Waals surface area contributed by atoms with Gasteiger partial charge < -0.3 is 19.6 Å².